The van der Waals surface area contributed by atoms with Crippen LogP contribution in [0.25, 0.3) is 0 Å². The van der Waals surface area contributed by atoms with Crippen LogP contribution in [0.4, 0.5) is 0 Å². The zero-order valence-corrected chi connectivity index (χ0v) is 10.8. The molecule has 0 aliphatic heterocycles. The van der Waals surface area contributed by atoms with Crippen molar-refractivity contribution in [2.24, 2.45) is 0 Å². The van der Waals surface area contributed by atoms with E-state index in [1.807, 2.05) is 6.08 Å². The van der Waals surface area contributed by atoms with Gasteiger partial charge in [-0.25, -0.2) is 0 Å². The summed E-state index contributed by atoms with van der Waals surface area (Å²) in [5, 5.41) is 0. The van der Waals surface area contributed by atoms with Crippen molar-refractivity contribution in [3.8, 4) is 11.5 Å². The third-order valence-corrected chi connectivity index (χ3v) is 2.79. The van der Waals surface area contributed by atoms with E-state index < -0.39 is 8.07 Å². The van der Waals surface area contributed by atoms with E-state index in [0.29, 0.717) is 0 Å². The molecule has 0 aliphatic rings. The number of benzene rings is 1. The van der Waals surface area contributed by atoms with Gasteiger partial charge >= 0.3 is 0 Å². The quantitative estimate of drug-likeness (QED) is 0.400. The normalized spacial score (nSPS) is 10.3. The van der Waals surface area contributed by atoms with Crippen LogP contribution in [0, 0.1) is 11.5 Å². The second-order valence-corrected chi connectivity index (χ2v) is 9.44. The molecule has 1 aromatic rings. The average Bonchev–Trinajstić information content (AvgIpc) is 2.16. The predicted molar refractivity (Wildman–Crippen MR) is 70.6 cm³/mol. The number of hydrogen-bond acceptors (Lipinski definition) is 0. The fourth-order valence-electron chi connectivity index (χ4n) is 1.15. The Morgan fingerprint density at radius 1 is 1.20 bits per heavy atom. The van der Waals surface area contributed by atoms with Crippen molar-refractivity contribution >= 4 is 8.07 Å². The van der Waals surface area contributed by atoms with Gasteiger partial charge in [-0.1, -0.05) is 43.8 Å². The first-order valence-electron chi connectivity index (χ1n) is 5.24. The van der Waals surface area contributed by atoms with Crippen LogP contribution in [0.3, 0.4) is 0 Å². The minimum absolute atomic E-state index is 0.932. The molecule has 0 saturated heterocycles. The van der Waals surface area contributed by atoms with Crippen LogP contribution < -0.4 is 0 Å². The molecule has 0 amide bonds. The van der Waals surface area contributed by atoms with Crippen LogP contribution in [-0.4, -0.2) is 8.07 Å². The zero-order chi connectivity index (χ0) is 11.3. The maximum atomic E-state index is 3.72. The van der Waals surface area contributed by atoms with E-state index in [0.717, 1.165) is 12.0 Å². The van der Waals surface area contributed by atoms with Gasteiger partial charge < -0.3 is 0 Å². The molecule has 0 nitrogen and oxygen atoms in total. The molecule has 0 radical (unpaired) electrons. The van der Waals surface area contributed by atoms with Gasteiger partial charge in [0.2, 0.25) is 0 Å². The Labute approximate surface area is 94.0 Å². The highest BCUT2D eigenvalue weighted by Crippen LogP contribution is 2.05. The van der Waals surface area contributed by atoms with Gasteiger partial charge in [-0.15, -0.1) is 12.1 Å². The van der Waals surface area contributed by atoms with Crippen LogP contribution >= 0.6 is 0 Å². The van der Waals surface area contributed by atoms with Crippen molar-refractivity contribution in [2.75, 3.05) is 0 Å². The Morgan fingerprint density at radius 3 is 2.27 bits per heavy atom. The molecule has 0 aromatic heterocycles. The van der Waals surface area contributed by atoms with E-state index in [2.05, 4.69) is 61.9 Å². The first kappa shape index (κ1) is 11.8. The Kier molecular flexibility index (Phi) is 3.93. The van der Waals surface area contributed by atoms with Crippen molar-refractivity contribution < 1.29 is 0 Å². The van der Waals surface area contributed by atoms with Crippen LogP contribution in [0.15, 0.2) is 36.9 Å². The highest BCUT2D eigenvalue weighted by molar-refractivity contribution is 6.83. The van der Waals surface area contributed by atoms with Crippen molar-refractivity contribution in [3.05, 3.63) is 48.0 Å². The standard InChI is InChI=1S/C14H18Si/c1-5-6-13-7-9-14(10-8-13)11-12-15(2,3)4/h5,7-10H,1,6H2,2-4H3. The first-order chi connectivity index (χ1) is 7.01. The number of allylic oxidation sites excluding steroid dienone is 1. The molecule has 0 atom stereocenters. The second-order valence-electron chi connectivity index (χ2n) is 4.69. The molecule has 0 unspecified atom stereocenters. The van der Waals surface area contributed by atoms with Gasteiger partial charge in [-0.3, -0.25) is 0 Å². The molecule has 0 saturated carbocycles. The largest absolute Gasteiger partial charge is 0.129 e. The van der Waals surface area contributed by atoms with E-state index >= 15 is 0 Å². The average molecular weight is 214 g/mol. The number of hydrogen-bond donors (Lipinski definition) is 0. The fraction of sp³-hybridized carbons (Fsp3) is 0.286. The lowest BCUT2D eigenvalue weighted by Crippen LogP contribution is -2.16. The molecule has 0 spiro atoms. The summed E-state index contributed by atoms with van der Waals surface area (Å²) in [5.41, 5.74) is 5.77. The van der Waals surface area contributed by atoms with Crippen molar-refractivity contribution in [2.45, 2.75) is 26.1 Å². The molecule has 0 heterocycles. The van der Waals surface area contributed by atoms with Crippen LogP contribution in [-0.2, 0) is 6.42 Å². The van der Waals surface area contributed by atoms with E-state index in [9.17, 15) is 0 Å². The van der Waals surface area contributed by atoms with Gasteiger partial charge in [0.05, 0.1) is 0 Å². The molecule has 78 valence electrons. The molecular formula is C14H18Si. The minimum Gasteiger partial charge on any atom is -0.127 e. The van der Waals surface area contributed by atoms with Gasteiger partial charge in [0, 0.05) is 5.56 Å². The van der Waals surface area contributed by atoms with Crippen LogP contribution in [0.1, 0.15) is 11.1 Å². The van der Waals surface area contributed by atoms with E-state index in [1.165, 1.54) is 5.56 Å². The maximum absolute atomic E-state index is 3.72. The molecule has 1 heteroatoms. The first-order valence-corrected chi connectivity index (χ1v) is 8.74. The van der Waals surface area contributed by atoms with E-state index in [1.54, 1.807) is 0 Å². The van der Waals surface area contributed by atoms with Crippen LogP contribution in [0.5, 0.6) is 0 Å². The lowest BCUT2D eigenvalue weighted by Gasteiger charge is -2.03. The third-order valence-electron chi connectivity index (χ3n) is 1.92. The smallest absolute Gasteiger partial charge is 0.127 e. The lowest BCUT2D eigenvalue weighted by atomic mass is 10.1. The minimum atomic E-state index is -1.25. The summed E-state index contributed by atoms with van der Waals surface area (Å²) < 4.78 is 0. The monoisotopic (exact) mass is 214 g/mol. The molecular weight excluding hydrogens is 196 g/mol. The fourth-order valence-corrected chi connectivity index (χ4v) is 1.67. The third kappa shape index (κ3) is 4.67. The van der Waals surface area contributed by atoms with Crippen molar-refractivity contribution in [1.82, 2.24) is 0 Å². The Morgan fingerprint density at radius 2 is 1.80 bits per heavy atom. The molecule has 0 N–H and O–H groups in total. The van der Waals surface area contributed by atoms with Gasteiger partial charge in [-0.05, 0) is 24.1 Å². The Bertz CT molecular complexity index is 382. The predicted octanol–water partition coefficient (Wildman–Crippen LogP) is 3.64. The van der Waals surface area contributed by atoms with Gasteiger partial charge in [0.15, 0.2) is 0 Å². The topological polar surface area (TPSA) is 0 Å². The Balaban J connectivity index is 2.79. The zero-order valence-electron chi connectivity index (χ0n) is 9.80. The number of rotatable bonds is 2. The SMILES string of the molecule is C=CCc1ccc(C#C[Si](C)(C)C)cc1. The summed E-state index contributed by atoms with van der Waals surface area (Å²) in [5.74, 6) is 3.24. The Hall–Kier alpha value is -1.26. The lowest BCUT2D eigenvalue weighted by molar-refractivity contribution is 1.27. The van der Waals surface area contributed by atoms with Crippen molar-refractivity contribution in [1.29, 1.82) is 0 Å². The molecule has 15 heavy (non-hydrogen) atoms. The summed E-state index contributed by atoms with van der Waals surface area (Å²) in [6, 6.07) is 8.42. The maximum Gasteiger partial charge on any atom is 0.129 e. The molecule has 1 aromatic carbocycles. The molecule has 0 fully saturated rings. The summed E-state index contributed by atoms with van der Waals surface area (Å²) in [6.07, 6.45) is 2.85. The van der Waals surface area contributed by atoms with Gasteiger partial charge in [0.1, 0.15) is 8.07 Å². The van der Waals surface area contributed by atoms with E-state index in [-0.39, 0.29) is 0 Å². The summed E-state index contributed by atoms with van der Waals surface area (Å²) in [7, 11) is -1.25. The van der Waals surface area contributed by atoms with Gasteiger partial charge in [0.25, 0.3) is 0 Å². The summed E-state index contributed by atoms with van der Waals surface area (Å²) >= 11 is 0. The molecule has 0 aliphatic carbocycles. The van der Waals surface area contributed by atoms with Crippen molar-refractivity contribution in [3.63, 3.8) is 0 Å². The molecule has 1 rings (SSSR count). The second kappa shape index (κ2) is 5.00. The van der Waals surface area contributed by atoms with Gasteiger partial charge in [-0.2, -0.15) is 0 Å². The van der Waals surface area contributed by atoms with Crippen LogP contribution in [0.2, 0.25) is 19.6 Å². The van der Waals surface area contributed by atoms with E-state index in [4.69, 9.17) is 0 Å². The summed E-state index contributed by atoms with van der Waals surface area (Å²) in [4.78, 5) is 0. The molecule has 0 bridgehead atoms. The summed E-state index contributed by atoms with van der Waals surface area (Å²) in [6.45, 7) is 10.5. The highest BCUT2D eigenvalue weighted by Gasteiger charge is 2.07. The highest BCUT2D eigenvalue weighted by atomic mass is 28.3.